The number of likely N-dealkylation sites (tertiary alicyclic amines) is 1. The minimum atomic E-state index is -0.602. The molecule has 0 saturated carbocycles. The van der Waals surface area contributed by atoms with Gasteiger partial charge in [0.2, 0.25) is 0 Å². The number of aryl methyl sites for hydroxylation is 1. The maximum atomic E-state index is 12.7. The van der Waals surface area contributed by atoms with Gasteiger partial charge in [-0.25, -0.2) is 0 Å². The van der Waals surface area contributed by atoms with Crippen LogP contribution in [0.3, 0.4) is 0 Å². The van der Waals surface area contributed by atoms with Gasteiger partial charge in [-0.3, -0.25) is 19.7 Å². The number of rotatable bonds is 4. The summed E-state index contributed by atoms with van der Waals surface area (Å²) >= 11 is 0. The molecule has 23 heavy (non-hydrogen) atoms. The predicted molar refractivity (Wildman–Crippen MR) is 82.9 cm³/mol. The van der Waals surface area contributed by atoms with Crippen molar-refractivity contribution in [2.75, 3.05) is 19.4 Å². The lowest BCUT2D eigenvalue weighted by Crippen LogP contribution is -2.37. The lowest BCUT2D eigenvalue weighted by Gasteiger charge is -2.24. The summed E-state index contributed by atoms with van der Waals surface area (Å²) in [4.78, 5) is 36.2. The number of nitro benzene ring substituents is 1. The second-order valence-electron chi connectivity index (χ2n) is 5.58. The molecule has 1 heterocycles. The van der Waals surface area contributed by atoms with Crippen LogP contribution in [0.15, 0.2) is 12.1 Å². The van der Waals surface area contributed by atoms with Gasteiger partial charge in [-0.15, -0.1) is 0 Å². The molecule has 0 bridgehead atoms. The Hall–Kier alpha value is -2.64. The molecule has 0 aromatic heterocycles. The van der Waals surface area contributed by atoms with E-state index >= 15 is 0 Å². The molecule has 124 valence electrons. The number of methoxy groups -OCH3 is 1. The highest BCUT2D eigenvalue weighted by Gasteiger charge is 2.33. The number of esters is 1. The van der Waals surface area contributed by atoms with Crippen molar-refractivity contribution in [1.82, 2.24) is 4.90 Å². The predicted octanol–water partition coefficient (Wildman–Crippen LogP) is 1.65. The van der Waals surface area contributed by atoms with Crippen molar-refractivity contribution in [3.05, 3.63) is 33.4 Å². The van der Waals surface area contributed by atoms with Crippen LogP contribution in [0.2, 0.25) is 0 Å². The Balaban J connectivity index is 2.33. The molecule has 1 saturated heterocycles. The Kier molecular flexibility index (Phi) is 4.83. The third-order valence-electron chi connectivity index (χ3n) is 4.00. The third-order valence-corrected chi connectivity index (χ3v) is 4.00. The van der Waals surface area contributed by atoms with Crippen LogP contribution in [0.1, 0.15) is 35.2 Å². The lowest BCUT2D eigenvalue weighted by molar-refractivity contribution is -0.384. The summed E-state index contributed by atoms with van der Waals surface area (Å²) in [5.74, 6) is -0.779. The quantitative estimate of drug-likeness (QED) is 0.390. The van der Waals surface area contributed by atoms with Crippen molar-refractivity contribution < 1.29 is 19.2 Å². The second kappa shape index (κ2) is 6.64. The van der Waals surface area contributed by atoms with E-state index < -0.39 is 10.9 Å². The monoisotopic (exact) mass is 321 g/mol. The van der Waals surface area contributed by atoms with Crippen molar-refractivity contribution in [1.29, 1.82) is 0 Å². The molecule has 1 amide bonds. The highest BCUT2D eigenvalue weighted by Crippen LogP contribution is 2.30. The van der Waals surface area contributed by atoms with Gasteiger partial charge in [0.1, 0.15) is 5.69 Å². The summed E-state index contributed by atoms with van der Waals surface area (Å²) in [5, 5.41) is 11.1. The maximum absolute atomic E-state index is 12.7. The number of nitrogen functional groups attached to an aromatic ring is 1. The van der Waals surface area contributed by atoms with E-state index in [1.165, 1.54) is 19.2 Å². The number of nitrogens with zero attached hydrogens (tertiary/aromatic N) is 2. The number of carbonyl (C=O) groups is 2. The summed E-state index contributed by atoms with van der Waals surface area (Å²) in [5.41, 5.74) is 6.08. The van der Waals surface area contributed by atoms with Gasteiger partial charge in [-0.2, -0.15) is 0 Å². The van der Waals surface area contributed by atoms with Gasteiger partial charge in [-0.1, -0.05) is 0 Å². The zero-order valence-corrected chi connectivity index (χ0v) is 13.1. The van der Waals surface area contributed by atoms with Gasteiger partial charge in [-0.05, 0) is 31.4 Å². The van der Waals surface area contributed by atoms with E-state index in [-0.39, 0.29) is 35.3 Å². The fraction of sp³-hybridized carbons (Fsp3) is 0.467. The Morgan fingerprint density at radius 3 is 2.78 bits per heavy atom. The highest BCUT2D eigenvalue weighted by atomic mass is 16.6. The first kappa shape index (κ1) is 16.7. The average Bonchev–Trinajstić information content (AvgIpc) is 2.96. The van der Waals surface area contributed by atoms with E-state index in [1.54, 1.807) is 11.8 Å². The van der Waals surface area contributed by atoms with Crippen LogP contribution in [-0.4, -0.2) is 41.4 Å². The van der Waals surface area contributed by atoms with Crippen LogP contribution >= 0.6 is 0 Å². The van der Waals surface area contributed by atoms with Crippen molar-refractivity contribution in [3.8, 4) is 0 Å². The number of ether oxygens (including phenoxy) is 1. The molecular weight excluding hydrogens is 302 g/mol. The average molecular weight is 321 g/mol. The molecule has 0 radical (unpaired) electrons. The summed E-state index contributed by atoms with van der Waals surface area (Å²) < 4.78 is 4.65. The van der Waals surface area contributed by atoms with Gasteiger partial charge in [0.25, 0.3) is 11.6 Å². The largest absolute Gasteiger partial charge is 0.469 e. The Morgan fingerprint density at radius 2 is 2.17 bits per heavy atom. The van der Waals surface area contributed by atoms with Gasteiger partial charge >= 0.3 is 5.97 Å². The molecule has 1 unspecified atom stereocenters. The van der Waals surface area contributed by atoms with Crippen LogP contribution in [0.5, 0.6) is 0 Å². The smallest absolute Gasteiger partial charge is 0.307 e. The first-order valence-corrected chi connectivity index (χ1v) is 7.27. The summed E-state index contributed by atoms with van der Waals surface area (Å²) in [6.45, 7) is 2.15. The zero-order chi connectivity index (χ0) is 17.1. The summed E-state index contributed by atoms with van der Waals surface area (Å²) in [6.07, 6.45) is 1.56. The Bertz CT molecular complexity index is 659. The molecule has 8 nitrogen and oxygen atoms in total. The highest BCUT2D eigenvalue weighted by molar-refractivity contribution is 6.01. The molecule has 1 fully saturated rings. The summed E-state index contributed by atoms with van der Waals surface area (Å²) in [7, 11) is 1.30. The van der Waals surface area contributed by atoms with E-state index in [9.17, 15) is 19.7 Å². The molecule has 1 aromatic carbocycles. The molecular formula is C15H19N3O5. The molecule has 2 rings (SSSR count). The second-order valence-corrected chi connectivity index (χ2v) is 5.58. The third kappa shape index (κ3) is 3.41. The first-order chi connectivity index (χ1) is 10.8. The molecule has 1 aliphatic heterocycles. The molecule has 2 N–H and O–H groups in total. The van der Waals surface area contributed by atoms with E-state index in [0.29, 0.717) is 18.5 Å². The number of carbonyl (C=O) groups excluding carboxylic acids is 2. The van der Waals surface area contributed by atoms with E-state index in [1.807, 2.05) is 0 Å². The van der Waals surface area contributed by atoms with Crippen molar-refractivity contribution in [2.24, 2.45) is 0 Å². The van der Waals surface area contributed by atoms with Crippen LogP contribution in [0, 0.1) is 17.0 Å². The topological polar surface area (TPSA) is 116 Å². The minimum Gasteiger partial charge on any atom is -0.469 e. The van der Waals surface area contributed by atoms with E-state index in [2.05, 4.69) is 4.74 Å². The van der Waals surface area contributed by atoms with Gasteiger partial charge in [0.15, 0.2) is 0 Å². The molecule has 1 aromatic rings. The number of benzene rings is 1. The van der Waals surface area contributed by atoms with Gasteiger partial charge in [0, 0.05) is 18.7 Å². The van der Waals surface area contributed by atoms with Crippen molar-refractivity contribution in [2.45, 2.75) is 32.2 Å². The van der Waals surface area contributed by atoms with E-state index in [0.717, 1.165) is 6.42 Å². The number of anilines is 1. The maximum Gasteiger partial charge on any atom is 0.307 e. The van der Waals surface area contributed by atoms with Crippen LogP contribution in [-0.2, 0) is 9.53 Å². The zero-order valence-electron chi connectivity index (χ0n) is 13.1. The van der Waals surface area contributed by atoms with E-state index in [4.69, 9.17) is 5.73 Å². The summed E-state index contributed by atoms with van der Waals surface area (Å²) in [6, 6.07) is 2.61. The van der Waals surface area contributed by atoms with Gasteiger partial charge in [0.05, 0.1) is 24.0 Å². The fourth-order valence-electron chi connectivity index (χ4n) is 2.85. The molecule has 0 spiro atoms. The minimum absolute atomic E-state index is 0.105. The molecule has 8 heteroatoms. The lowest BCUT2D eigenvalue weighted by atomic mass is 10.1. The number of nitrogens with two attached hydrogens (primary N) is 1. The Labute approximate surface area is 133 Å². The standard InChI is InChI=1S/C15H19N3O5/c1-9-6-11(14(16)12(7-9)18(21)22)15(20)17-5-3-4-10(17)8-13(19)23-2/h6-7,10H,3-5,8,16H2,1-2H3. The normalized spacial score (nSPS) is 17.1. The first-order valence-electron chi connectivity index (χ1n) is 7.27. The van der Waals surface area contributed by atoms with Crippen LogP contribution in [0.4, 0.5) is 11.4 Å². The number of hydrogen-bond acceptors (Lipinski definition) is 6. The van der Waals surface area contributed by atoms with Crippen LogP contribution in [0.25, 0.3) is 0 Å². The van der Waals surface area contributed by atoms with Gasteiger partial charge < -0.3 is 15.4 Å². The Morgan fingerprint density at radius 1 is 1.48 bits per heavy atom. The SMILES string of the molecule is COC(=O)CC1CCCN1C(=O)c1cc(C)cc([N+](=O)[O-])c1N. The van der Waals surface area contributed by atoms with Crippen molar-refractivity contribution in [3.63, 3.8) is 0 Å². The molecule has 0 aliphatic carbocycles. The molecule has 1 aliphatic rings. The molecule has 1 atom stereocenters. The fourth-order valence-corrected chi connectivity index (χ4v) is 2.85. The van der Waals surface area contributed by atoms with Crippen molar-refractivity contribution >= 4 is 23.3 Å². The number of amides is 1. The number of hydrogen-bond donors (Lipinski definition) is 1. The van der Waals surface area contributed by atoms with Crippen LogP contribution < -0.4 is 5.73 Å². The number of nitro groups is 1.